The molecule has 0 atom stereocenters. The summed E-state index contributed by atoms with van der Waals surface area (Å²) in [5.41, 5.74) is -0.930. The number of methoxy groups -OCH3 is 1. The first-order chi connectivity index (χ1) is 8.49. The summed E-state index contributed by atoms with van der Waals surface area (Å²) in [6.07, 6.45) is 0.714. The van der Waals surface area contributed by atoms with Gasteiger partial charge in [-0.25, -0.2) is 0 Å². The number of carbonyl (C=O) groups excluding carboxylic acids is 1. The predicted molar refractivity (Wildman–Crippen MR) is 65.9 cm³/mol. The Morgan fingerprint density at radius 1 is 1.44 bits per heavy atom. The van der Waals surface area contributed by atoms with E-state index in [-0.39, 0.29) is 0 Å². The normalized spacial score (nSPS) is 15.9. The lowest BCUT2D eigenvalue weighted by atomic mass is 10.1. The van der Waals surface area contributed by atoms with Gasteiger partial charge in [0.05, 0.1) is 17.8 Å². The van der Waals surface area contributed by atoms with Crippen LogP contribution < -0.4 is 10.1 Å². The molecule has 1 amide bonds. The van der Waals surface area contributed by atoms with Crippen molar-refractivity contribution in [2.75, 3.05) is 12.4 Å². The Kier molecular flexibility index (Phi) is 3.17. The molecular formula is C12H12ClNO4. The number of aliphatic carboxylic acids is 1. The lowest BCUT2D eigenvalue weighted by Crippen LogP contribution is -2.31. The van der Waals surface area contributed by atoms with Crippen LogP contribution in [0.15, 0.2) is 18.2 Å². The maximum atomic E-state index is 11.9. The van der Waals surface area contributed by atoms with Crippen LogP contribution in [0.1, 0.15) is 12.8 Å². The summed E-state index contributed by atoms with van der Waals surface area (Å²) in [6.45, 7) is 0. The van der Waals surface area contributed by atoms with Gasteiger partial charge in [-0.05, 0) is 25.0 Å². The van der Waals surface area contributed by atoms with E-state index < -0.39 is 17.3 Å². The van der Waals surface area contributed by atoms with E-state index in [1.54, 1.807) is 18.2 Å². The molecule has 2 N–H and O–H groups in total. The van der Waals surface area contributed by atoms with Crippen LogP contribution in [0.2, 0.25) is 5.02 Å². The van der Waals surface area contributed by atoms with Crippen molar-refractivity contribution in [2.45, 2.75) is 12.8 Å². The molecule has 0 unspecified atom stereocenters. The molecule has 1 aliphatic carbocycles. The molecule has 0 radical (unpaired) electrons. The second-order valence-corrected chi connectivity index (χ2v) is 4.59. The van der Waals surface area contributed by atoms with Gasteiger partial charge in [0.25, 0.3) is 0 Å². The molecule has 1 aromatic rings. The van der Waals surface area contributed by atoms with Crippen molar-refractivity contribution in [3.8, 4) is 5.75 Å². The summed E-state index contributed by atoms with van der Waals surface area (Å²) in [5.74, 6) is -1.10. The number of rotatable bonds is 4. The highest BCUT2D eigenvalue weighted by atomic mass is 35.5. The number of amides is 1. The molecule has 6 heteroatoms. The lowest BCUT2D eigenvalue weighted by Gasteiger charge is -2.12. The van der Waals surface area contributed by atoms with Crippen molar-refractivity contribution >= 4 is 29.2 Å². The van der Waals surface area contributed by atoms with Crippen molar-refractivity contribution in [1.29, 1.82) is 0 Å². The standard InChI is InChI=1S/C12H12ClNO4/c1-18-7-2-3-8(13)9(6-7)14-10(15)12(4-5-12)11(16)17/h2-3,6H,4-5H2,1H3,(H,14,15)(H,16,17). The molecule has 0 aliphatic heterocycles. The molecule has 0 spiro atoms. The maximum Gasteiger partial charge on any atom is 0.319 e. The minimum atomic E-state index is -1.29. The average molecular weight is 270 g/mol. The summed E-state index contributed by atoms with van der Waals surface area (Å²) in [5, 5.41) is 11.9. The number of nitrogens with one attached hydrogen (secondary N) is 1. The number of ether oxygens (including phenoxy) is 1. The maximum absolute atomic E-state index is 11.9. The third-order valence-corrected chi connectivity index (χ3v) is 3.35. The summed E-state index contributed by atoms with van der Waals surface area (Å²) in [6, 6.07) is 4.79. The molecule has 2 rings (SSSR count). The Labute approximate surface area is 109 Å². The van der Waals surface area contributed by atoms with E-state index in [2.05, 4.69) is 5.32 Å². The highest BCUT2D eigenvalue weighted by Gasteiger charge is 2.57. The molecule has 1 aromatic carbocycles. The second kappa shape index (κ2) is 4.49. The number of carboxylic acids is 1. The summed E-state index contributed by atoms with van der Waals surface area (Å²) in [4.78, 5) is 22.9. The van der Waals surface area contributed by atoms with Gasteiger partial charge >= 0.3 is 5.97 Å². The molecule has 18 heavy (non-hydrogen) atoms. The van der Waals surface area contributed by atoms with Gasteiger partial charge < -0.3 is 15.2 Å². The number of anilines is 1. The molecule has 5 nitrogen and oxygen atoms in total. The minimum absolute atomic E-state index is 0.338. The van der Waals surface area contributed by atoms with Crippen LogP contribution in [0.25, 0.3) is 0 Å². The first-order valence-corrected chi connectivity index (χ1v) is 5.76. The van der Waals surface area contributed by atoms with Crippen LogP contribution >= 0.6 is 11.6 Å². The monoisotopic (exact) mass is 269 g/mol. The van der Waals surface area contributed by atoms with Crippen LogP contribution in [0.4, 0.5) is 5.69 Å². The number of halogens is 1. The SMILES string of the molecule is COc1ccc(Cl)c(NC(=O)C2(C(=O)O)CC2)c1. The zero-order valence-corrected chi connectivity index (χ0v) is 10.5. The Bertz CT molecular complexity index is 511. The van der Waals surface area contributed by atoms with Crippen molar-refractivity contribution in [3.05, 3.63) is 23.2 Å². The number of hydrogen-bond acceptors (Lipinski definition) is 3. The second-order valence-electron chi connectivity index (χ2n) is 4.19. The van der Waals surface area contributed by atoms with Gasteiger partial charge in [-0.2, -0.15) is 0 Å². The lowest BCUT2D eigenvalue weighted by molar-refractivity contribution is -0.147. The first-order valence-electron chi connectivity index (χ1n) is 5.38. The van der Waals surface area contributed by atoms with Crippen LogP contribution in [0.5, 0.6) is 5.75 Å². The quantitative estimate of drug-likeness (QED) is 0.821. The molecule has 1 aliphatic rings. The largest absolute Gasteiger partial charge is 0.497 e. The van der Waals surface area contributed by atoms with Crippen molar-refractivity contribution in [1.82, 2.24) is 0 Å². The summed E-state index contributed by atoms with van der Waals surface area (Å²) in [7, 11) is 1.49. The van der Waals surface area contributed by atoms with Crippen molar-refractivity contribution in [2.24, 2.45) is 5.41 Å². The number of carbonyl (C=O) groups is 2. The summed E-state index contributed by atoms with van der Waals surface area (Å²) >= 11 is 5.93. The fourth-order valence-electron chi connectivity index (χ4n) is 1.63. The smallest absolute Gasteiger partial charge is 0.319 e. The molecule has 0 bridgehead atoms. The van der Waals surface area contributed by atoms with E-state index in [1.807, 2.05) is 0 Å². The van der Waals surface area contributed by atoms with Gasteiger partial charge in [0.1, 0.15) is 11.2 Å². The minimum Gasteiger partial charge on any atom is -0.497 e. The molecule has 1 saturated carbocycles. The van der Waals surface area contributed by atoms with Gasteiger partial charge in [-0.1, -0.05) is 11.6 Å². The Balaban J connectivity index is 2.19. The van der Waals surface area contributed by atoms with Gasteiger partial charge in [0.15, 0.2) is 0 Å². The fraction of sp³-hybridized carbons (Fsp3) is 0.333. The Morgan fingerprint density at radius 2 is 2.11 bits per heavy atom. The molecule has 0 aromatic heterocycles. The first kappa shape index (κ1) is 12.7. The van der Waals surface area contributed by atoms with Gasteiger partial charge in [-0.15, -0.1) is 0 Å². The van der Waals surface area contributed by atoms with Crippen LogP contribution in [0, 0.1) is 5.41 Å². The highest BCUT2D eigenvalue weighted by molar-refractivity contribution is 6.34. The zero-order valence-electron chi connectivity index (χ0n) is 9.70. The van der Waals surface area contributed by atoms with Gasteiger partial charge in [-0.3, -0.25) is 9.59 Å². The highest BCUT2D eigenvalue weighted by Crippen LogP contribution is 2.47. The number of carboxylic acid groups (broad SMARTS) is 1. The third kappa shape index (κ3) is 2.13. The van der Waals surface area contributed by atoms with E-state index in [4.69, 9.17) is 21.4 Å². The van der Waals surface area contributed by atoms with Crippen LogP contribution in [0.3, 0.4) is 0 Å². The van der Waals surface area contributed by atoms with E-state index in [1.165, 1.54) is 7.11 Å². The molecule has 1 fully saturated rings. The molecular weight excluding hydrogens is 258 g/mol. The molecule has 96 valence electrons. The summed E-state index contributed by atoms with van der Waals surface area (Å²) < 4.78 is 5.01. The number of benzene rings is 1. The van der Waals surface area contributed by atoms with Crippen LogP contribution in [-0.2, 0) is 9.59 Å². The van der Waals surface area contributed by atoms with Crippen LogP contribution in [-0.4, -0.2) is 24.1 Å². The third-order valence-electron chi connectivity index (χ3n) is 3.02. The van der Waals surface area contributed by atoms with Crippen molar-refractivity contribution in [3.63, 3.8) is 0 Å². The van der Waals surface area contributed by atoms with Gasteiger partial charge in [0, 0.05) is 6.07 Å². The van der Waals surface area contributed by atoms with E-state index in [0.29, 0.717) is 29.3 Å². The zero-order chi connectivity index (χ0) is 13.3. The Hall–Kier alpha value is -1.75. The van der Waals surface area contributed by atoms with E-state index in [0.717, 1.165) is 0 Å². The predicted octanol–water partition coefficient (Wildman–Crippen LogP) is 2.15. The van der Waals surface area contributed by atoms with E-state index >= 15 is 0 Å². The Morgan fingerprint density at radius 3 is 2.61 bits per heavy atom. The molecule has 0 heterocycles. The average Bonchev–Trinajstić information content (AvgIpc) is 3.13. The number of hydrogen-bond donors (Lipinski definition) is 2. The topological polar surface area (TPSA) is 75.6 Å². The molecule has 0 saturated heterocycles. The van der Waals surface area contributed by atoms with E-state index in [9.17, 15) is 9.59 Å². The van der Waals surface area contributed by atoms with Gasteiger partial charge in [0.2, 0.25) is 5.91 Å². The fourth-order valence-corrected chi connectivity index (χ4v) is 1.80. The van der Waals surface area contributed by atoms with Crippen molar-refractivity contribution < 1.29 is 19.4 Å².